The average molecular weight is 476 g/mol. The van der Waals surface area contributed by atoms with Crippen molar-refractivity contribution in [2.75, 3.05) is 7.11 Å². The second kappa shape index (κ2) is 8.81. The van der Waals surface area contributed by atoms with Gasteiger partial charge < -0.3 is 8.92 Å². The van der Waals surface area contributed by atoms with Crippen molar-refractivity contribution in [1.29, 1.82) is 0 Å². The summed E-state index contributed by atoms with van der Waals surface area (Å²) < 4.78 is 36.5. The third-order valence-electron chi connectivity index (χ3n) is 5.43. The Labute approximate surface area is 194 Å². The Hall–Kier alpha value is -3.47. The van der Waals surface area contributed by atoms with E-state index in [1.54, 1.807) is 12.1 Å². The highest BCUT2D eigenvalue weighted by molar-refractivity contribution is 7.87. The largest absolute Gasteiger partial charge is 0.465 e. The molecule has 0 aliphatic heterocycles. The lowest BCUT2D eigenvalue weighted by molar-refractivity contribution is 0.0600. The molecule has 0 spiro atoms. The minimum absolute atomic E-state index is 0. The van der Waals surface area contributed by atoms with Crippen LogP contribution in [0.25, 0.3) is 32.3 Å². The van der Waals surface area contributed by atoms with E-state index in [9.17, 15) is 13.2 Å². The van der Waals surface area contributed by atoms with Gasteiger partial charge in [0, 0.05) is 5.39 Å². The molecule has 5 nitrogen and oxygen atoms in total. The van der Waals surface area contributed by atoms with Gasteiger partial charge in [0.05, 0.1) is 12.7 Å². The molecule has 7 heteroatoms. The number of rotatable bonds is 4. The normalized spacial score (nSPS) is 11.3. The predicted octanol–water partition coefficient (Wildman–Crippen LogP) is 5.76. The lowest BCUT2D eigenvalue weighted by Gasteiger charge is -2.13. The molecule has 0 fully saturated rings. The molecule has 0 saturated heterocycles. The topological polar surface area (TPSA) is 69.7 Å². The molecule has 0 aliphatic rings. The molecule has 0 aromatic heterocycles. The van der Waals surface area contributed by atoms with Crippen molar-refractivity contribution in [2.45, 2.75) is 4.90 Å². The zero-order valence-corrected chi connectivity index (χ0v) is 20.0. The van der Waals surface area contributed by atoms with Gasteiger partial charge in [-0.15, -0.1) is 0 Å². The van der Waals surface area contributed by atoms with E-state index in [0.717, 1.165) is 26.9 Å². The van der Waals surface area contributed by atoms with E-state index >= 15 is 0 Å². The summed E-state index contributed by atoms with van der Waals surface area (Å²) >= 11 is 0. The van der Waals surface area contributed by atoms with Crippen LogP contribution < -0.4 is 4.18 Å². The molecule has 0 amide bonds. The predicted molar refractivity (Wildman–Crippen MR) is 136 cm³/mol. The van der Waals surface area contributed by atoms with Crippen molar-refractivity contribution in [3.63, 3.8) is 0 Å². The smallest absolute Gasteiger partial charge is 0.339 e. The Morgan fingerprint density at radius 3 is 2.15 bits per heavy atom. The second-order valence-electron chi connectivity index (χ2n) is 7.40. The summed E-state index contributed by atoms with van der Waals surface area (Å²) in [4.78, 5) is 11.7. The number of benzene rings is 5. The van der Waals surface area contributed by atoms with E-state index in [0.29, 0.717) is 5.39 Å². The van der Waals surface area contributed by atoms with Crippen LogP contribution in [0.2, 0.25) is 0 Å². The van der Waals surface area contributed by atoms with Crippen LogP contribution >= 0.6 is 9.90 Å². The van der Waals surface area contributed by atoms with E-state index < -0.39 is 16.1 Å². The molecule has 0 saturated carbocycles. The molecule has 0 bridgehead atoms. The van der Waals surface area contributed by atoms with Crippen LogP contribution in [0.1, 0.15) is 10.4 Å². The first-order valence-electron chi connectivity index (χ1n) is 9.93. The van der Waals surface area contributed by atoms with E-state index in [-0.39, 0.29) is 26.1 Å². The summed E-state index contributed by atoms with van der Waals surface area (Å²) in [7, 11) is -2.95. The second-order valence-corrected chi connectivity index (χ2v) is 8.94. The number of carbonyl (C=O) groups excluding carboxylic acids is 1. The molecular formula is C26H21O5PS. The molecule has 0 radical (unpaired) electrons. The van der Waals surface area contributed by atoms with Crippen LogP contribution in [-0.2, 0) is 14.9 Å². The minimum Gasteiger partial charge on any atom is -0.465 e. The van der Waals surface area contributed by atoms with Crippen molar-refractivity contribution in [2.24, 2.45) is 0 Å². The monoisotopic (exact) mass is 476 g/mol. The maximum Gasteiger partial charge on any atom is 0.339 e. The Balaban J connectivity index is 0.00000259. The Morgan fingerprint density at radius 1 is 0.727 bits per heavy atom. The maximum atomic E-state index is 13.1. The first-order valence-corrected chi connectivity index (χ1v) is 11.3. The fourth-order valence-corrected chi connectivity index (χ4v) is 4.89. The van der Waals surface area contributed by atoms with Gasteiger partial charge in [-0.2, -0.15) is 18.3 Å². The number of fused-ring (bicyclic) bond motifs is 4. The Bertz CT molecular complexity index is 1630. The molecule has 0 N–H and O–H groups in total. The number of ether oxygens (including phenoxy) is 1. The van der Waals surface area contributed by atoms with Gasteiger partial charge in [0.1, 0.15) is 4.90 Å². The van der Waals surface area contributed by atoms with Crippen molar-refractivity contribution in [1.82, 2.24) is 0 Å². The van der Waals surface area contributed by atoms with Crippen molar-refractivity contribution < 1.29 is 22.1 Å². The SMILES string of the molecule is COC(=O)c1cccc(S(=O)(=O)Oc2cccc3ccc4cc5ccccc5cc4c23)c1.P. The first kappa shape index (κ1) is 22.7. The van der Waals surface area contributed by atoms with Crippen LogP contribution in [0.3, 0.4) is 0 Å². The fourth-order valence-electron chi connectivity index (χ4n) is 3.90. The molecule has 5 aromatic carbocycles. The van der Waals surface area contributed by atoms with Gasteiger partial charge in [0.2, 0.25) is 0 Å². The van der Waals surface area contributed by atoms with Crippen LogP contribution in [0.15, 0.2) is 95.9 Å². The van der Waals surface area contributed by atoms with Crippen LogP contribution in [0.4, 0.5) is 0 Å². The van der Waals surface area contributed by atoms with Gasteiger partial charge >= 0.3 is 16.1 Å². The minimum atomic E-state index is -4.19. The number of methoxy groups -OCH3 is 1. The van der Waals surface area contributed by atoms with Gasteiger partial charge in [-0.1, -0.05) is 54.6 Å². The number of esters is 1. The number of carbonyl (C=O) groups is 1. The zero-order chi connectivity index (χ0) is 22.3. The molecule has 1 unspecified atom stereocenters. The Morgan fingerprint density at radius 2 is 1.39 bits per heavy atom. The zero-order valence-electron chi connectivity index (χ0n) is 17.8. The molecule has 166 valence electrons. The van der Waals surface area contributed by atoms with Crippen LogP contribution in [0, 0.1) is 0 Å². The molecule has 1 atom stereocenters. The van der Waals surface area contributed by atoms with Crippen LogP contribution in [0.5, 0.6) is 5.75 Å². The maximum absolute atomic E-state index is 13.1. The van der Waals surface area contributed by atoms with Gasteiger partial charge in [-0.25, -0.2) is 4.79 Å². The lowest BCUT2D eigenvalue weighted by Crippen LogP contribution is -2.11. The van der Waals surface area contributed by atoms with Crippen molar-refractivity contribution >= 4 is 58.3 Å². The average Bonchev–Trinajstić information content (AvgIpc) is 2.82. The molecule has 0 aliphatic carbocycles. The molecule has 0 heterocycles. The van der Waals surface area contributed by atoms with Gasteiger partial charge in [0.15, 0.2) is 5.75 Å². The highest BCUT2D eigenvalue weighted by Crippen LogP contribution is 2.36. The van der Waals surface area contributed by atoms with E-state index in [2.05, 4.69) is 10.8 Å². The summed E-state index contributed by atoms with van der Waals surface area (Å²) in [5.74, 6) is -0.392. The molecule has 5 aromatic rings. The molecule has 33 heavy (non-hydrogen) atoms. The summed E-state index contributed by atoms with van der Waals surface area (Å²) in [6, 6.07) is 27.0. The van der Waals surface area contributed by atoms with Crippen LogP contribution in [-0.4, -0.2) is 21.5 Å². The lowest BCUT2D eigenvalue weighted by atomic mass is 9.98. The molecule has 5 rings (SSSR count). The highest BCUT2D eigenvalue weighted by Gasteiger charge is 2.21. The Kier molecular flexibility index (Phi) is 6.07. The van der Waals surface area contributed by atoms with Gasteiger partial charge in [-0.3, -0.25) is 0 Å². The summed E-state index contributed by atoms with van der Waals surface area (Å²) in [6.45, 7) is 0. The first-order chi connectivity index (χ1) is 15.5. The third-order valence-corrected chi connectivity index (χ3v) is 6.66. The summed E-state index contributed by atoms with van der Waals surface area (Å²) in [5.41, 5.74) is 0.131. The number of hydrogen-bond acceptors (Lipinski definition) is 5. The quantitative estimate of drug-likeness (QED) is 0.108. The summed E-state index contributed by atoms with van der Waals surface area (Å²) in [6.07, 6.45) is 0. The van der Waals surface area contributed by atoms with Crippen molar-refractivity contribution in [3.8, 4) is 5.75 Å². The highest BCUT2D eigenvalue weighted by atomic mass is 32.2. The van der Waals surface area contributed by atoms with E-state index in [1.165, 1.54) is 31.4 Å². The standard InChI is InChI=1S/C26H18O5S.H3P/c1-30-26(27)21-9-4-10-22(15-21)32(28,29)31-24-11-5-8-17-12-13-20-14-18-6-2-3-7-19(18)16-23(20)25(17)24;/h2-16H,1H3;1H3. The molecular weight excluding hydrogens is 455 g/mol. The van der Waals surface area contributed by atoms with E-state index in [4.69, 9.17) is 4.18 Å². The third kappa shape index (κ3) is 4.15. The van der Waals surface area contributed by atoms with E-state index in [1.807, 2.05) is 48.5 Å². The summed E-state index contributed by atoms with van der Waals surface area (Å²) in [5, 5.41) is 5.61. The van der Waals surface area contributed by atoms with Crippen molar-refractivity contribution in [3.05, 3.63) is 96.6 Å². The number of hydrogen-bond donors (Lipinski definition) is 0. The fraction of sp³-hybridized carbons (Fsp3) is 0.0385. The van der Waals surface area contributed by atoms with Gasteiger partial charge in [-0.05, 0) is 63.3 Å². The van der Waals surface area contributed by atoms with Gasteiger partial charge in [0.25, 0.3) is 0 Å².